The van der Waals surface area contributed by atoms with Gasteiger partial charge in [-0.25, -0.2) is 0 Å². The zero-order valence-electron chi connectivity index (χ0n) is 12.6. The zero-order valence-corrected chi connectivity index (χ0v) is 12.6. The highest BCUT2D eigenvalue weighted by molar-refractivity contribution is 5.31. The van der Waals surface area contributed by atoms with Crippen LogP contribution in [0, 0.1) is 0 Å². The number of likely N-dealkylation sites (N-methyl/N-ethyl adjacent to an activating group) is 1. The maximum atomic E-state index is 5.80. The van der Waals surface area contributed by atoms with E-state index in [4.69, 9.17) is 9.47 Å². The average Bonchev–Trinajstić information content (AvgIpc) is 2.43. The van der Waals surface area contributed by atoms with E-state index in [0.29, 0.717) is 6.04 Å². The molecule has 1 fully saturated rings. The fourth-order valence-electron chi connectivity index (χ4n) is 2.26. The molecule has 0 unspecified atom stereocenters. The molecule has 0 amide bonds. The van der Waals surface area contributed by atoms with Gasteiger partial charge in [-0.1, -0.05) is 13.8 Å². The lowest BCUT2D eigenvalue weighted by molar-refractivity contribution is 0.128. The van der Waals surface area contributed by atoms with E-state index in [9.17, 15) is 0 Å². The molecule has 4 nitrogen and oxygen atoms in total. The number of rotatable bonds is 9. The van der Waals surface area contributed by atoms with Crippen molar-refractivity contribution in [3.63, 3.8) is 0 Å². The van der Waals surface area contributed by atoms with Gasteiger partial charge in [0.1, 0.15) is 18.1 Å². The maximum absolute atomic E-state index is 5.80. The molecule has 1 N–H and O–H groups in total. The summed E-state index contributed by atoms with van der Waals surface area (Å²) in [6, 6.07) is 8.59. The summed E-state index contributed by atoms with van der Waals surface area (Å²) in [5, 5.41) is 3.31. The lowest BCUT2D eigenvalue weighted by atomic mass is 10.1. The lowest BCUT2D eigenvalue weighted by Crippen LogP contribution is -2.57. The molecule has 0 bridgehead atoms. The summed E-state index contributed by atoms with van der Waals surface area (Å²) in [4.78, 5) is 2.47. The van der Waals surface area contributed by atoms with E-state index in [0.717, 1.165) is 57.3 Å². The minimum Gasteiger partial charge on any atom is -0.494 e. The molecule has 1 aliphatic heterocycles. The van der Waals surface area contributed by atoms with Gasteiger partial charge in [0.15, 0.2) is 0 Å². The molecule has 0 radical (unpaired) electrons. The van der Waals surface area contributed by atoms with Crippen molar-refractivity contribution in [1.82, 2.24) is 10.2 Å². The smallest absolute Gasteiger partial charge is 0.119 e. The van der Waals surface area contributed by atoms with E-state index in [-0.39, 0.29) is 0 Å². The molecule has 1 aromatic rings. The Morgan fingerprint density at radius 1 is 1.05 bits per heavy atom. The minimum atomic E-state index is 0.688. The summed E-state index contributed by atoms with van der Waals surface area (Å²) < 4.78 is 11.4. The SMILES string of the molecule is CCCOc1ccc(OCCN(CC)C2CNC2)cc1. The number of nitrogens with one attached hydrogen (secondary N) is 1. The van der Waals surface area contributed by atoms with Crippen LogP contribution in [0.15, 0.2) is 24.3 Å². The summed E-state index contributed by atoms with van der Waals surface area (Å²) in [5.41, 5.74) is 0. The summed E-state index contributed by atoms with van der Waals surface area (Å²) in [6.07, 6.45) is 1.03. The first-order chi connectivity index (χ1) is 9.83. The second-order valence-electron chi connectivity index (χ2n) is 5.11. The molecule has 4 heteroatoms. The van der Waals surface area contributed by atoms with Crippen molar-refractivity contribution in [3.05, 3.63) is 24.3 Å². The normalized spacial score (nSPS) is 15.2. The van der Waals surface area contributed by atoms with Crippen molar-refractivity contribution in [2.75, 3.05) is 39.4 Å². The van der Waals surface area contributed by atoms with Crippen molar-refractivity contribution in [2.24, 2.45) is 0 Å². The van der Waals surface area contributed by atoms with Gasteiger partial charge in [-0.05, 0) is 37.2 Å². The van der Waals surface area contributed by atoms with Gasteiger partial charge in [0.25, 0.3) is 0 Å². The molecule has 2 rings (SSSR count). The van der Waals surface area contributed by atoms with Crippen LogP contribution in [0.25, 0.3) is 0 Å². The Bertz CT molecular complexity index is 377. The van der Waals surface area contributed by atoms with Gasteiger partial charge in [-0.15, -0.1) is 0 Å². The summed E-state index contributed by atoms with van der Waals surface area (Å²) in [7, 11) is 0. The second kappa shape index (κ2) is 8.12. The molecule has 1 heterocycles. The molecule has 1 aliphatic rings. The summed E-state index contributed by atoms with van der Waals surface area (Å²) in [5.74, 6) is 1.83. The van der Waals surface area contributed by atoms with E-state index in [1.54, 1.807) is 0 Å². The number of benzene rings is 1. The van der Waals surface area contributed by atoms with E-state index in [1.807, 2.05) is 24.3 Å². The van der Waals surface area contributed by atoms with Crippen LogP contribution in [-0.2, 0) is 0 Å². The van der Waals surface area contributed by atoms with Crippen LogP contribution in [0.4, 0.5) is 0 Å². The molecule has 20 heavy (non-hydrogen) atoms. The highest BCUT2D eigenvalue weighted by atomic mass is 16.5. The Kier molecular flexibility index (Phi) is 6.15. The van der Waals surface area contributed by atoms with Crippen molar-refractivity contribution in [3.8, 4) is 11.5 Å². The Labute approximate surface area is 122 Å². The standard InChI is InChI=1S/C16H26N2O2/c1-3-10-19-15-5-7-16(8-6-15)20-11-9-18(4-2)14-12-17-13-14/h5-8,14,17H,3-4,9-13H2,1-2H3. The van der Waals surface area contributed by atoms with E-state index >= 15 is 0 Å². The third-order valence-electron chi connectivity index (χ3n) is 3.63. The first-order valence-electron chi connectivity index (χ1n) is 7.64. The summed E-state index contributed by atoms with van der Waals surface area (Å²) in [6.45, 7) is 10.1. The van der Waals surface area contributed by atoms with Gasteiger partial charge < -0.3 is 14.8 Å². The molecule has 0 spiro atoms. The van der Waals surface area contributed by atoms with E-state index in [1.165, 1.54) is 0 Å². The van der Waals surface area contributed by atoms with Crippen LogP contribution in [0.1, 0.15) is 20.3 Å². The highest BCUT2D eigenvalue weighted by Gasteiger charge is 2.22. The van der Waals surface area contributed by atoms with Crippen molar-refractivity contribution < 1.29 is 9.47 Å². The average molecular weight is 278 g/mol. The Hall–Kier alpha value is -1.26. The molecule has 0 atom stereocenters. The number of hydrogen-bond acceptors (Lipinski definition) is 4. The predicted molar refractivity (Wildman–Crippen MR) is 81.6 cm³/mol. The Morgan fingerprint density at radius 3 is 2.10 bits per heavy atom. The third-order valence-corrected chi connectivity index (χ3v) is 3.63. The van der Waals surface area contributed by atoms with Gasteiger partial charge in [0.2, 0.25) is 0 Å². The minimum absolute atomic E-state index is 0.688. The van der Waals surface area contributed by atoms with Crippen LogP contribution in [0.3, 0.4) is 0 Å². The van der Waals surface area contributed by atoms with Crippen molar-refractivity contribution >= 4 is 0 Å². The molecule has 112 valence electrons. The van der Waals surface area contributed by atoms with Crippen LogP contribution in [-0.4, -0.2) is 50.3 Å². The van der Waals surface area contributed by atoms with Crippen molar-refractivity contribution in [2.45, 2.75) is 26.3 Å². The van der Waals surface area contributed by atoms with Crippen molar-refractivity contribution in [1.29, 1.82) is 0 Å². The van der Waals surface area contributed by atoms with Gasteiger partial charge in [-0.3, -0.25) is 4.90 Å². The number of hydrogen-bond donors (Lipinski definition) is 1. The second-order valence-corrected chi connectivity index (χ2v) is 5.11. The fraction of sp³-hybridized carbons (Fsp3) is 0.625. The Morgan fingerprint density at radius 2 is 1.65 bits per heavy atom. The molecular formula is C16H26N2O2. The topological polar surface area (TPSA) is 33.7 Å². The Balaban J connectivity index is 1.70. The molecule has 1 aromatic carbocycles. The first kappa shape index (κ1) is 15.1. The van der Waals surface area contributed by atoms with E-state index in [2.05, 4.69) is 24.1 Å². The predicted octanol–water partition coefficient (Wildman–Crippen LogP) is 2.15. The molecule has 0 aliphatic carbocycles. The largest absolute Gasteiger partial charge is 0.494 e. The maximum Gasteiger partial charge on any atom is 0.119 e. The van der Waals surface area contributed by atoms with Gasteiger partial charge in [-0.2, -0.15) is 0 Å². The highest BCUT2D eigenvalue weighted by Crippen LogP contribution is 2.17. The third kappa shape index (κ3) is 4.39. The van der Waals surface area contributed by atoms with Gasteiger partial charge in [0, 0.05) is 25.7 Å². The molecule has 1 saturated heterocycles. The zero-order chi connectivity index (χ0) is 14.2. The van der Waals surface area contributed by atoms with Gasteiger partial charge >= 0.3 is 0 Å². The van der Waals surface area contributed by atoms with E-state index < -0.39 is 0 Å². The molecular weight excluding hydrogens is 252 g/mol. The lowest BCUT2D eigenvalue weighted by Gasteiger charge is -2.37. The molecule has 0 saturated carbocycles. The van der Waals surface area contributed by atoms with Gasteiger partial charge in [0.05, 0.1) is 6.61 Å². The molecule has 0 aromatic heterocycles. The number of ether oxygens (including phenoxy) is 2. The van der Waals surface area contributed by atoms with Crippen LogP contribution in [0.5, 0.6) is 11.5 Å². The van der Waals surface area contributed by atoms with Crippen LogP contribution < -0.4 is 14.8 Å². The quantitative estimate of drug-likeness (QED) is 0.750. The summed E-state index contributed by atoms with van der Waals surface area (Å²) >= 11 is 0. The first-order valence-corrected chi connectivity index (χ1v) is 7.64. The monoisotopic (exact) mass is 278 g/mol. The van der Waals surface area contributed by atoms with Crippen LogP contribution in [0.2, 0.25) is 0 Å². The van der Waals surface area contributed by atoms with Crippen LogP contribution >= 0.6 is 0 Å². The number of nitrogens with zero attached hydrogens (tertiary/aromatic N) is 1. The fourth-order valence-corrected chi connectivity index (χ4v) is 2.26.